The van der Waals surface area contributed by atoms with Crippen molar-refractivity contribution in [2.24, 2.45) is 5.92 Å². The van der Waals surface area contributed by atoms with E-state index in [0.717, 1.165) is 13.0 Å². The first kappa shape index (κ1) is 31.4. The van der Waals surface area contributed by atoms with Crippen LogP contribution in [-0.4, -0.2) is 72.7 Å². The van der Waals surface area contributed by atoms with Gasteiger partial charge in [0.15, 0.2) is 0 Å². The molecule has 0 radical (unpaired) electrons. The summed E-state index contributed by atoms with van der Waals surface area (Å²) in [5, 5.41) is 17.1. The average Bonchev–Trinajstić information content (AvgIpc) is 3.10. The van der Waals surface area contributed by atoms with Crippen molar-refractivity contribution >= 4 is 24.1 Å². The van der Waals surface area contributed by atoms with Gasteiger partial charge in [0.25, 0.3) is 0 Å². The largest absolute Gasteiger partial charge is 0.480 e. The third-order valence-electron chi connectivity index (χ3n) is 4.41. The van der Waals surface area contributed by atoms with Crippen LogP contribution in [0, 0.1) is 5.92 Å². The minimum absolute atomic E-state index is 0.0556. The van der Waals surface area contributed by atoms with Crippen LogP contribution in [0.25, 0.3) is 0 Å². The smallest absolute Gasteiger partial charge is 0.408 e. The summed E-state index contributed by atoms with van der Waals surface area (Å²) < 4.78 is 14.7. The van der Waals surface area contributed by atoms with Crippen molar-refractivity contribution in [3.8, 4) is 0 Å². The molecule has 3 atom stereocenters. The predicted molar refractivity (Wildman–Crippen MR) is 126 cm³/mol. The highest BCUT2D eigenvalue weighted by Gasteiger charge is 2.27. The molecule has 0 aromatic rings. The van der Waals surface area contributed by atoms with Crippen molar-refractivity contribution in [3.05, 3.63) is 0 Å². The number of aliphatic carboxylic acids is 1. The molecular weight excluding hydrogens is 446 g/mol. The second-order valence-electron chi connectivity index (χ2n) is 10.3. The Morgan fingerprint density at radius 2 is 1.56 bits per heavy atom. The first-order chi connectivity index (χ1) is 15.5. The molecule has 198 valence electrons. The molecule has 1 aliphatic heterocycles. The van der Waals surface area contributed by atoms with Gasteiger partial charge in [-0.15, -0.1) is 0 Å². The number of carbonyl (C=O) groups excluding carboxylic acids is 3. The van der Waals surface area contributed by atoms with Crippen molar-refractivity contribution in [3.63, 3.8) is 0 Å². The van der Waals surface area contributed by atoms with Gasteiger partial charge in [-0.25, -0.2) is 14.4 Å². The molecule has 34 heavy (non-hydrogen) atoms. The molecular formula is C23H43N3O8. The van der Waals surface area contributed by atoms with E-state index in [1.807, 2.05) is 0 Å². The van der Waals surface area contributed by atoms with Crippen LogP contribution in [0.2, 0.25) is 0 Å². The van der Waals surface area contributed by atoms with Gasteiger partial charge in [-0.05, 0) is 79.7 Å². The monoisotopic (exact) mass is 489 g/mol. The number of methoxy groups -OCH3 is 1. The van der Waals surface area contributed by atoms with Crippen LogP contribution < -0.4 is 16.0 Å². The highest BCUT2D eigenvalue weighted by atomic mass is 16.6. The Labute approximate surface area is 202 Å². The zero-order valence-electron chi connectivity index (χ0n) is 21.8. The number of carboxylic acids is 1. The quantitative estimate of drug-likeness (QED) is 0.229. The molecule has 0 saturated carbocycles. The van der Waals surface area contributed by atoms with Crippen LogP contribution in [0.15, 0.2) is 0 Å². The number of ether oxygens (including phenoxy) is 3. The second kappa shape index (κ2) is 14.6. The van der Waals surface area contributed by atoms with Gasteiger partial charge in [0.05, 0.1) is 7.11 Å². The van der Waals surface area contributed by atoms with E-state index in [9.17, 15) is 19.2 Å². The topological polar surface area (TPSA) is 152 Å². The van der Waals surface area contributed by atoms with E-state index in [1.165, 1.54) is 7.11 Å². The molecule has 0 unspecified atom stereocenters. The summed E-state index contributed by atoms with van der Waals surface area (Å²) in [4.78, 5) is 45.1. The lowest BCUT2D eigenvalue weighted by molar-refractivity contribution is -0.142. The molecule has 0 spiro atoms. The summed E-state index contributed by atoms with van der Waals surface area (Å²) >= 11 is 0. The fourth-order valence-corrected chi connectivity index (χ4v) is 2.92. The molecule has 1 heterocycles. The van der Waals surface area contributed by atoms with Crippen LogP contribution in [0.1, 0.15) is 74.1 Å². The molecule has 1 rings (SSSR count). The Morgan fingerprint density at radius 3 is 2.00 bits per heavy atom. The van der Waals surface area contributed by atoms with Crippen LogP contribution in [-0.2, 0) is 23.8 Å². The SMILES string of the molecule is CC(C)(C)OC(=O)NCCCC[C@@H](NC(=O)OC(C)(C)C)C(=O)O.COC(=O)[C@@H]1C[C@H](C)CN1. The first-order valence-corrected chi connectivity index (χ1v) is 11.5. The minimum Gasteiger partial charge on any atom is -0.480 e. The molecule has 1 saturated heterocycles. The number of carbonyl (C=O) groups is 4. The standard InChI is InChI=1S/C16H30N2O6.C7H13NO2/c1-15(2,3)23-13(21)17-10-8-7-9-11(12(19)20)18-14(22)24-16(4,5)6;1-5-3-6(8-4-5)7(9)10-2/h11H,7-10H2,1-6H3,(H,17,21)(H,18,22)(H,19,20);5-6,8H,3-4H2,1-2H3/t11-;5-,6-/m10/s1. The lowest BCUT2D eigenvalue weighted by Crippen LogP contribution is -2.43. The van der Waals surface area contributed by atoms with Gasteiger partial charge in [0.2, 0.25) is 0 Å². The Kier molecular flexibility index (Phi) is 13.5. The van der Waals surface area contributed by atoms with E-state index in [-0.39, 0.29) is 18.4 Å². The lowest BCUT2D eigenvalue weighted by Gasteiger charge is -2.22. The molecule has 1 fully saturated rings. The molecule has 4 N–H and O–H groups in total. The van der Waals surface area contributed by atoms with Gasteiger partial charge in [-0.3, -0.25) is 4.79 Å². The van der Waals surface area contributed by atoms with E-state index in [1.54, 1.807) is 41.5 Å². The van der Waals surface area contributed by atoms with Crippen molar-refractivity contribution < 1.29 is 38.5 Å². The number of hydrogen-bond donors (Lipinski definition) is 4. The zero-order chi connectivity index (χ0) is 26.5. The van der Waals surface area contributed by atoms with E-state index in [2.05, 4.69) is 27.6 Å². The maximum Gasteiger partial charge on any atom is 0.408 e. The molecule has 1 aliphatic rings. The molecule has 0 bridgehead atoms. The molecule has 11 heteroatoms. The van der Waals surface area contributed by atoms with Crippen molar-refractivity contribution in [1.82, 2.24) is 16.0 Å². The first-order valence-electron chi connectivity index (χ1n) is 11.5. The van der Waals surface area contributed by atoms with Crippen molar-refractivity contribution in [2.45, 2.75) is 97.4 Å². The number of carboxylic acid groups (broad SMARTS) is 1. The minimum atomic E-state index is -1.12. The highest BCUT2D eigenvalue weighted by molar-refractivity contribution is 5.80. The number of alkyl carbamates (subject to hydrolysis) is 2. The molecule has 11 nitrogen and oxygen atoms in total. The van der Waals surface area contributed by atoms with Gasteiger partial charge in [0.1, 0.15) is 23.3 Å². The molecule has 2 amide bonds. The fraction of sp³-hybridized carbons (Fsp3) is 0.826. The number of nitrogens with one attached hydrogen (secondary N) is 3. The van der Waals surface area contributed by atoms with Gasteiger partial charge in [-0.2, -0.15) is 0 Å². The number of rotatable bonds is 8. The van der Waals surface area contributed by atoms with E-state index < -0.39 is 35.4 Å². The average molecular weight is 490 g/mol. The third-order valence-corrected chi connectivity index (χ3v) is 4.41. The number of esters is 1. The Balaban J connectivity index is 0.000000896. The van der Waals surface area contributed by atoms with Crippen molar-refractivity contribution in [1.29, 1.82) is 0 Å². The number of amides is 2. The summed E-state index contributed by atoms with van der Waals surface area (Å²) in [6, 6.07) is -1.08. The van der Waals surface area contributed by atoms with Crippen LogP contribution >= 0.6 is 0 Å². The summed E-state index contributed by atoms with van der Waals surface area (Å²) in [5.41, 5.74) is -1.25. The Morgan fingerprint density at radius 1 is 1.00 bits per heavy atom. The van der Waals surface area contributed by atoms with E-state index in [4.69, 9.17) is 14.6 Å². The summed E-state index contributed by atoms with van der Waals surface area (Å²) in [5.74, 6) is -0.658. The van der Waals surface area contributed by atoms with E-state index in [0.29, 0.717) is 25.3 Å². The zero-order valence-corrected chi connectivity index (χ0v) is 21.8. The molecule has 0 aliphatic carbocycles. The van der Waals surface area contributed by atoms with Gasteiger partial charge >= 0.3 is 24.1 Å². The maximum absolute atomic E-state index is 11.6. The van der Waals surface area contributed by atoms with Crippen molar-refractivity contribution in [2.75, 3.05) is 20.2 Å². The summed E-state index contributed by atoms with van der Waals surface area (Å²) in [6.07, 6.45) is 0.963. The third kappa shape index (κ3) is 16.1. The predicted octanol–water partition coefficient (Wildman–Crippen LogP) is 2.82. The Bertz CT molecular complexity index is 670. The maximum atomic E-state index is 11.6. The summed E-state index contributed by atoms with van der Waals surface area (Å²) in [7, 11) is 1.42. The van der Waals surface area contributed by atoms with Crippen LogP contribution in [0.5, 0.6) is 0 Å². The Hall–Kier alpha value is -2.56. The lowest BCUT2D eigenvalue weighted by atomic mass is 10.1. The highest BCUT2D eigenvalue weighted by Crippen LogP contribution is 2.13. The number of unbranched alkanes of at least 4 members (excludes halogenated alkanes) is 1. The molecule has 0 aromatic heterocycles. The van der Waals surface area contributed by atoms with Crippen LogP contribution in [0.3, 0.4) is 0 Å². The van der Waals surface area contributed by atoms with Crippen LogP contribution in [0.4, 0.5) is 9.59 Å². The normalized spacial score (nSPS) is 18.6. The summed E-state index contributed by atoms with van der Waals surface area (Å²) in [6.45, 7) is 13.8. The van der Waals surface area contributed by atoms with Gasteiger partial charge in [0, 0.05) is 6.54 Å². The van der Waals surface area contributed by atoms with Gasteiger partial charge < -0.3 is 35.3 Å². The second-order valence-corrected chi connectivity index (χ2v) is 10.3. The number of hydrogen-bond acceptors (Lipinski definition) is 8. The molecule has 0 aromatic carbocycles. The van der Waals surface area contributed by atoms with E-state index >= 15 is 0 Å². The fourth-order valence-electron chi connectivity index (χ4n) is 2.92. The van der Waals surface area contributed by atoms with Gasteiger partial charge in [-0.1, -0.05) is 6.92 Å².